The highest BCUT2D eigenvalue weighted by atomic mass is 79.9. The van der Waals surface area contributed by atoms with Gasteiger partial charge in [-0.3, -0.25) is 4.79 Å². The summed E-state index contributed by atoms with van der Waals surface area (Å²) in [6, 6.07) is 10.3. The lowest BCUT2D eigenvalue weighted by atomic mass is 10.2. The van der Waals surface area contributed by atoms with E-state index in [0.717, 1.165) is 4.47 Å². The number of amides is 1. The van der Waals surface area contributed by atoms with Crippen LogP contribution in [0.3, 0.4) is 0 Å². The Kier molecular flexibility index (Phi) is 4.90. The first-order valence-corrected chi connectivity index (χ1v) is 7.53. The molecule has 0 radical (unpaired) electrons. The van der Waals surface area contributed by atoms with Gasteiger partial charge in [0.15, 0.2) is 0 Å². The van der Waals surface area contributed by atoms with Crippen molar-refractivity contribution < 1.29 is 4.79 Å². The van der Waals surface area contributed by atoms with Crippen LogP contribution in [0.15, 0.2) is 45.3 Å². The van der Waals surface area contributed by atoms with Crippen LogP contribution in [0.25, 0.3) is 0 Å². The van der Waals surface area contributed by atoms with Gasteiger partial charge in [-0.05, 0) is 52.3 Å². The second-order valence-corrected chi connectivity index (χ2v) is 6.29. The molecule has 0 saturated heterocycles. The molecule has 2 rings (SSSR count). The van der Waals surface area contributed by atoms with E-state index in [4.69, 9.17) is 23.2 Å². The third kappa shape index (κ3) is 3.72. The van der Waals surface area contributed by atoms with Gasteiger partial charge in [-0.25, -0.2) is 0 Å². The van der Waals surface area contributed by atoms with Crippen molar-refractivity contribution in [1.82, 2.24) is 0 Å². The molecular weight excluding hydrogens is 417 g/mol. The summed E-state index contributed by atoms with van der Waals surface area (Å²) in [5.74, 6) is -0.277. The lowest BCUT2D eigenvalue weighted by Crippen LogP contribution is -2.12. The topological polar surface area (TPSA) is 29.1 Å². The summed E-state index contributed by atoms with van der Waals surface area (Å²) in [4.78, 5) is 12.1. The molecule has 0 fully saturated rings. The van der Waals surface area contributed by atoms with Gasteiger partial charge in [0.05, 0.1) is 15.6 Å². The van der Waals surface area contributed by atoms with E-state index in [-0.39, 0.29) is 5.91 Å². The number of anilines is 1. The van der Waals surface area contributed by atoms with Crippen molar-refractivity contribution in [2.75, 3.05) is 5.32 Å². The third-order valence-corrected chi connectivity index (χ3v) is 4.39. The lowest BCUT2D eigenvalue weighted by Gasteiger charge is -2.08. The lowest BCUT2D eigenvalue weighted by molar-refractivity contribution is 0.102. The quantitative estimate of drug-likeness (QED) is 0.652. The number of rotatable bonds is 2. The zero-order valence-corrected chi connectivity index (χ0v) is 14.1. The van der Waals surface area contributed by atoms with Crippen molar-refractivity contribution in [3.8, 4) is 0 Å². The summed E-state index contributed by atoms with van der Waals surface area (Å²) >= 11 is 18.5. The van der Waals surface area contributed by atoms with Gasteiger partial charge in [-0.2, -0.15) is 0 Å². The second-order valence-electron chi connectivity index (χ2n) is 3.71. The second kappa shape index (κ2) is 6.27. The molecule has 0 spiro atoms. The van der Waals surface area contributed by atoms with Gasteiger partial charge in [0, 0.05) is 14.6 Å². The maximum absolute atomic E-state index is 12.1. The minimum atomic E-state index is -0.277. The molecule has 2 nitrogen and oxygen atoms in total. The molecule has 19 heavy (non-hydrogen) atoms. The Labute approximate surface area is 137 Å². The minimum Gasteiger partial charge on any atom is -0.322 e. The van der Waals surface area contributed by atoms with Crippen molar-refractivity contribution in [3.05, 3.63) is 61.0 Å². The predicted molar refractivity (Wildman–Crippen MR) is 86.3 cm³/mol. The molecular formula is C13H7Br2Cl2NO. The maximum Gasteiger partial charge on any atom is 0.257 e. The summed E-state index contributed by atoms with van der Waals surface area (Å²) in [6.45, 7) is 0. The van der Waals surface area contributed by atoms with E-state index >= 15 is 0 Å². The Morgan fingerprint density at radius 1 is 1.00 bits per heavy atom. The fourth-order valence-corrected chi connectivity index (χ4v) is 2.50. The van der Waals surface area contributed by atoms with Crippen LogP contribution < -0.4 is 5.32 Å². The molecule has 2 aromatic rings. The average molecular weight is 424 g/mol. The first-order valence-electron chi connectivity index (χ1n) is 5.19. The minimum absolute atomic E-state index is 0.277. The smallest absolute Gasteiger partial charge is 0.257 e. The molecule has 98 valence electrons. The van der Waals surface area contributed by atoms with Crippen LogP contribution in [0.1, 0.15) is 10.4 Å². The molecule has 0 atom stereocenters. The standard InChI is InChI=1S/C13H7Br2Cl2NO/c14-7-1-3-11(16)9(5-7)13(19)18-8-2-4-12(17)10(15)6-8/h1-6H,(H,18,19). The zero-order valence-electron chi connectivity index (χ0n) is 9.38. The fourth-order valence-electron chi connectivity index (χ4n) is 1.44. The number of halogens is 4. The van der Waals surface area contributed by atoms with Crippen LogP contribution >= 0.6 is 55.1 Å². The number of nitrogens with one attached hydrogen (secondary N) is 1. The average Bonchev–Trinajstić information content (AvgIpc) is 2.36. The van der Waals surface area contributed by atoms with Crippen LogP contribution in [0.4, 0.5) is 5.69 Å². The molecule has 0 saturated carbocycles. The van der Waals surface area contributed by atoms with E-state index in [1.54, 1.807) is 36.4 Å². The van der Waals surface area contributed by atoms with Crippen molar-refractivity contribution in [2.24, 2.45) is 0 Å². The van der Waals surface area contributed by atoms with E-state index in [1.807, 2.05) is 0 Å². The van der Waals surface area contributed by atoms with Crippen molar-refractivity contribution in [3.63, 3.8) is 0 Å². The summed E-state index contributed by atoms with van der Waals surface area (Å²) in [7, 11) is 0. The number of carbonyl (C=O) groups is 1. The largest absolute Gasteiger partial charge is 0.322 e. The van der Waals surface area contributed by atoms with Crippen molar-refractivity contribution >= 4 is 66.7 Å². The number of carbonyl (C=O) groups excluding carboxylic acids is 1. The Morgan fingerprint density at radius 3 is 2.37 bits per heavy atom. The van der Waals surface area contributed by atoms with Crippen molar-refractivity contribution in [1.29, 1.82) is 0 Å². The molecule has 2 aromatic carbocycles. The molecule has 6 heteroatoms. The molecule has 0 unspecified atom stereocenters. The number of benzene rings is 2. The highest BCUT2D eigenvalue weighted by Crippen LogP contribution is 2.27. The van der Waals surface area contributed by atoms with E-state index in [0.29, 0.717) is 25.8 Å². The summed E-state index contributed by atoms with van der Waals surface area (Å²) < 4.78 is 1.51. The van der Waals surface area contributed by atoms with Crippen LogP contribution in [0, 0.1) is 0 Å². The van der Waals surface area contributed by atoms with E-state index in [9.17, 15) is 4.79 Å². The fraction of sp³-hybridized carbons (Fsp3) is 0. The Morgan fingerprint density at radius 2 is 1.68 bits per heavy atom. The third-order valence-electron chi connectivity index (χ3n) is 2.35. The number of hydrogen-bond donors (Lipinski definition) is 1. The molecule has 0 aromatic heterocycles. The highest BCUT2D eigenvalue weighted by molar-refractivity contribution is 9.10. The highest BCUT2D eigenvalue weighted by Gasteiger charge is 2.11. The normalized spacial score (nSPS) is 10.3. The predicted octanol–water partition coefficient (Wildman–Crippen LogP) is 5.77. The monoisotopic (exact) mass is 421 g/mol. The molecule has 0 aliphatic rings. The van der Waals surface area contributed by atoms with Gasteiger partial charge in [-0.1, -0.05) is 39.1 Å². The molecule has 0 aliphatic carbocycles. The van der Waals surface area contributed by atoms with E-state index < -0.39 is 0 Å². The first kappa shape index (κ1) is 14.9. The first-order chi connectivity index (χ1) is 8.97. The summed E-state index contributed by atoms with van der Waals surface area (Å²) in [6.07, 6.45) is 0. The molecule has 1 N–H and O–H groups in total. The van der Waals surface area contributed by atoms with Gasteiger partial charge < -0.3 is 5.32 Å². The van der Waals surface area contributed by atoms with Gasteiger partial charge in [0.25, 0.3) is 5.91 Å². The summed E-state index contributed by atoms with van der Waals surface area (Å²) in [5, 5.41) is 3.74. The Hall–Kier alpha value is -0.550. The van der Waals surface area contributed by atoms with Crippen LogP contribution in [-0.4, -0.2) is 5.91 Å². The van der Waals surface area contributed by atoms with Crippen LogP contribution in [0.2, 0.25) is 10.0 Å². The van der Waals surface area contributed by atoms with Gasteiger partial charge >= 0.3 is 0 Å². The SMILES string of the molecule is O=C(Nc1ccc(Cl)c(Br)c1)c1cc(Br)ccc1Cl. The van der Waals surface area contributed by atoms with Crippen LogP contribution in [0.5, 0.6) is 0 Å². The van der Waals surface area contributed by atoms with Gasteiger partial charge in [-0.15, -0.1) is 0 Å². The van der Waals surface area contributed by atoms with E-state index in [1.165, 1.54) is 0 Å². The van der Waals surface area contributed by atoms with Crippen LogP contribution in [-0.2, 0) is 0 Å². The Bertz CT molecular complexity index is 647. The van der Waals surface area contributed by atoms with Gasteiger partial charge in [0.1, 0.15) is 0 Å². The number of hydrogen-bond acceptors (Lipinski definition) is 1. The molecule has 0 aliphatic heterocycles. The van der Waals surface area contributed by atoms with E-state index in [2.05, 4.69) is 37.2 Å². The Balaban J connectivity index is 2.25. The molecule has 0 bridgehead atoms. The zero-order chi connectivity index (χ0) is 14.0. The molecule has 1 amide bonds. The van der Waals surface area contributed by atoms with Gasteiger partial charge in [0.2, 0.25) is 0 Å². The maximum atomic E-state index is 12.1. The van der Waals surface area contributed by atoms with Crippen molar-refractivity contribution in [2.45, 2.75) is 0 Å². The summed E-state index contributed by atoms with van der Waals surface area (Å²) in [5.41, 5.74) is 1.04. The molecule has 0 heterocycles.